The van der Waals surface area contributed by atoms with Crippen molar-refractivity contribution in [3.05, 3.63) is 18.6 Å². The summed E-state index contributed by atoms with van der Waals surface area (Å²) in [4.78, 5) is 11.0. The van der Waals surface area contributed by atoms with Gasteiger partial charge >= 0.3 is 0 Å². The second-order valence-corrected chi connectivity index (χ2v) is 4.51. The molecular weight excluding hydrogens is 216 g/mol. The van der Waals surface area contributed by atoms with Gasteiger partial charge in [0.15, 0.2) is 5.82 Å². The first-order chi connectivity index (χ1) is 8.31. The minimum absolute atomic E-state index is 0.154. The summed E-state index contributed by atoms with van der Waals surface area (Å²) < 4.78 is 1.99. The third-order valence-electron chi connectivity index (χ3n) is 3.22. The van der Waals surface area contributed by atoms with Gasteiger partial charge < -0.3 is 14.6 Å². The standard InChI is InChI=1S/C12H16N4O/c1-15-8-14-11-10(15)4-5-13-12(11)16(6-7-17)9-2-3-9/h4-5,8-9,17H,2-3,6-7H2,1H3. The van der Waals surface area contributed by atoms with Crippen LogP contribution in [-0.4, -0.2) is 38.8 Å². The lowest BCUT2D eigenvalue weighted by Crippen LogP contribution is -2.29. The van der Waals surface area contributed by atoms with Gasteiger partial charge in [-0.05, 0) is 18.9 Å². The summed E-state index contributed by atoms with van der Waals surface area (Å²) in [6.45, 7) is 0.786. The molecule has 5 heteroatoms. The van der Waals surface area contributed by atoms with Crippen molar-refractivity contribution in [2.45, 2.75) is 18.9 Å². The molecule has 0 radical (unpaired) electrons. The van der Waals surface area contributed by atoms with Gasteiger partial charge in [0.1, 0.15) is 5.52 Å². The maximum absolute atomic E-state index is 9.16. The molecule has 0 atom stereocenters. The number of hydrogen-bond donors (Lipinski definition) is 1. The van der Waals surface area contributed by atoms with Gasteiger partial charge in [0.25, 0.3) is 0 Å². The summed E-state index contributed by atoms with van der Waals surface area (Å²) in [6.07, 6.45) is 5.99. The molecule has 0 aromatic carbocycles. The van der Waals surface area contributed by atoms with Gasteiger partial charge in [-0.25, -0.2) is 9.97 Å². The molecule has 0 unspecified atom stereocenters. The molecule has 1 aliphatic rings. The molecule has 3 rings (SSSR count). The van der Waals surface area contributed by atoms with E-state index in [2.05, 4.69) is 14.9 Å². The number of aliphatic hydroxyl groups is 1. The normalized spacial score (nSPS) is 15.4. The molecule has 90 valence electrons. The van der Waals surface area contributed by atoms with Gasteiger partial charge in [-0.1, -0.05) is 0 Å². The number of aryl methyl sites for hydroxylation is 1. The third kappa shape index (κ3) is 1.76. The lowest BCUT2D eigenvalue weighted by Gasteiger charge is -2.22. The Labute approximate surface area is 99.7 Å². The van der Waals surface area contributed by atoms with Gasteiger partial charge in [0.05, 0.1) is 18.5 Å². The van der Waals surface area contributed by atoms with E-state index in [1.807, 2.05) is 23.9 Å². The van der Waals surface area contributed by atoms with Crippen molar-refractivity contribution in [2.24, 2.45) is 7.05 Å². The number of aliphatic hydroxyl groups excluding tert-OH is 1. The molecular formula is C12H16N4O. The molecule has 17 heavy (non-hydrogen) atoms. The highest BCUT2D eigenvalue weighted by atomic mass is 16.3. The van der Waals surface area contributed by atoms with Crippen LogP contribution in [0.5, 0.6) is 0 Å². The van der Waals surface area contributed by atoms with Crippen molar-refractivity contribution in [2.75, 3.05) is 18.1 Å². The molecule has 1 saturated carbocycles. The SMILES string of the molecule is Cn1cnc2c(N(CCO)C3CC3)nccc21. The Morgan fingerprint density at radius 1 is 1.47 bits per heavy atom. The molecule has 2 aromatic rings. The van der Waals surface area contributed by atoms with Crippen LogP contribution in [-0.2, 0) is 7.05 Å². The van der Waals surface area contributed by atoms with Crippen molar-refractivity contribution in [3.8, 4) is 0 Å². The maximum atomic E-state index is 9.16. The summed E-state index contributed by atoms with van der Waals surface area (Å²) in [5.74, 6) is 0.902. The zero-order valence-corrected chi connectivity index (χ0v) is 9.87. The fourth-order valence-corrected chi connectivity index (χ4v) is 2.21. The van der Waals surface area contributed by atoms with Gasteiger partial charge in [-0.15, -0.1) is 0 Å². The lowest BCUT2D eigenvalue weighted by molar-refractivity contribution is 0.301. The summed E-state index contributed by atoms with van der Waals surface area (Å²) in [7, 11) is 1.98. The van der Waals surface area contributed by atoms with Crippen molar-refractivity contribution < 1.29 is 5.11 Å². The first-order valence-electron chi connectivity index (χ1n) is 5.95. The summed E-state index contributed by atoms with van der Waals surface area (Å²) in [5, 5.41) is 9.16. The second kappa shape index (κ2) is 4.00. The van der Waals surface area contributed by atoms with E-state index in [4.69, 9.17) is 5.11 Å². The summed E-state index contributed by atoms with van der Waals surface area (Å²) in [5.41, 5.74) is 2.01. The molecule has 0 bridgehead atoms. The summed E-state index contributed by atoms with van der Waals surface area (Å²) >= 11 is 0. The van der Waals surface area contributed by atoms with E-state index in [1.54, 1.807) is 6.33 Å². The number of pyridine rings is 1. The van der Waals surface area contributed by atoms with Gasteiger partial charge in [0.2, 0.25) is 0 Å². The zero-order chi connectivity index (χ0) is 11.8. The fraction of sp³-hybridized carbons (Fsp3) is 0.500. The van der Waals surface area contributed by atoms with Crippen LogP contribution >= 0.6 is 0 Å². The Morgan fingerprint density at radius 2 is 2.29 bits per heavy atom. The number of fused-ring (bicyclic) bond motifs is 1. The molecule has 2 aromatic heterocycles. The van der Waals surface area contributed by atoms with Crippen molar-refractivity contribution >= 4 is 16.9 Å². The number of anilines is 1. The Balaban J connectivity index is 2.08. The molecule has 2 heterocycles. The number of aromatic nitrogens is 3. The van der Waals surface area contributed by atoms with Crippen LogP contribution in [0.25, 0.3) is 11.0 Å². The minimum atomic E-state index is 0.154. The van der Waals surface area contributed by atoms with Crippen LogP contribution in [0.15, 0.2) is 18.6 Å². The Morgan fingerprint density at radius 3 is 3.00 bits per heavy atom. The van der Waals surface area contributed by atoms with Crippen LogP contribution in [0.4, 0.5) is 5.82 Å². The molecule has 1 fully saturated rings. The van der Waals surface area contributed by atoms with Crippen LogP contribution < -0.4 is 4.90 Å². The zero-order valence-electron chi connectivity index (χ0n) is 9.87. The molecule has 5 nitrogen and oxygen atoms in total. The van der Waals surface area contributed by atoms with E-state index < -0.39 is 0 Å². The molecule has 0 spiro atoms. The largest absolute Gasteiger partial charge is 0.395 e. The topological polar surface area (TPSA) is 54.2 Å². The number of nitrogens with zero attached hydrogens (tertiary/aromatic N) is 4. The first-order valence-corrected chi connectivity index (χ1v) is 5.95. The number of rotatable bonds is 4. The monoisotopic (exact) mass is 232 g/mol. The average molecular weight is 232 g/mol. The molecule has 1 N–H and O–H groups in total. The van der Waals surface area contributed by atoms with Crippen molar-refractivity contribution in [1.29, 1.82) is 0 Å². The Kier molecular flexibility index (Phi) is 2.48. The van der Waals surface area contributed by atoms with Crippen LogP contribution in [0.3, 0.4) is 0 Å². The predicted molar refractivity (Wildman–Crippen MR) is 66.0 cm³/mol. The van der Waals surface area contributed by atoms with Crippen LogP contribution in [0, 0.1) is 0 Å². The highest BCUT2D eigenvalue weighted by Gasteiger charge is 2.31. The number of hydrogen-bond acceptors (Lipinski definition) is 4. The van der Waals surface area contributed by atoms with Gasteiger partial charge in [-0.3, -0.25) is 0 Å². The van der Waals surface area contributed by atoms with Gasteiger partial charge in [-0.2, -0.15) is 0 Å². The second-order valence-electron chi connectivity index (χ2n) is 4.51. The highest BCUT2D eigenvalue weighted by Crippen LogP contribution is 2.33. The predicted octanol–water partition coefficient (Wildman–Crippen LogP) is 0.929. The molecule has 0 amide bonds. The summed E-state index contributed by atoms with van der Waals surface area (Å²) in [6, 6.07) is 2.50. The van der Waals surface area contributed by atoms with E-state index in [-0.39, 0.29) is 6.61 Å². The maximum Gasteiger partial charge on any atom is 0.157 e. The Hall–Kier alpha value is -1.62. The molecule has 0 aliphatic heterocycles. The van der Waals surface area contributed by atoms with Crippen LogP contribution in [0.1, 0.15) is 12.8 Å². The first kappa shape index (κ1) is 10.5. The quantitative estimate of drug-likeness (QED) is 0.852. The van der Waals surface area contributed by atoms with Crippen molar-refractivity contribution in [1.82, 2.24) is 14.5 Å². The molecule has 1 aliphatic carbocycles. The molecule has 0 saturated heterocycles. The minimum Gasteiger partial charge on any atom is -0.395 e. The Bertz CT molecular complexity index is 532. The van der Waals surface area contributed by atoms with E-state index in [0.29, 0.717) is 12.6 Å². The third-order valence-corrected chi connectivity index (χ3v) is 3.22. The van der Waals surface area contributed by atoms with Gasteiger partial charge in [0, 0.05) is 25.8 Å². The van der Waals surface area contributed by atoms with Crippen molar-refractivity contribution in [3.63, 3.8) is 0 Å². The van der Waals surface area contributed by atoms with E-state index in [0.717, 1.165) is 16.9 Å². The van der Waals surface area contributed by atoms with E-state index in [9.17, 15) is 0 Å². The highest BCUT2D eigenvalue weighted by molar-refractivity contribution is 5.86. The lowest BCUT2D eigenvalue weighted by atomic mass is 10.3. The smallest absolute Gasteiger partial charge is 0.157 e. The fourth-order valence-electron chi connectivity index (χ4n) is 2.21. The number of imidazole rings is 1. The van der Waals surface area contributed by atoms with E-state index >= 15 is 0 Å². The average Bonchev–Trinajstić information content (AvgIpc) is 3.11. The van der Waals surface area contributed by atoms with Crippen LogP contribution in [0.2, 0.25) is 0 Å². The van der Waals surface area contributed by atoms with E-state index in [1.165, 1.54) is 12.8 Å².